The number of anilines is 1. The van der Waals surface area contributed by atoms with Crippen LogP contribution in [0, 0.1) is 12.7 Å². The molecule has 1 atom stereocenters. The van der Waals surface area contributed by atoms with Crippen LogP contribution in [0.15, 0.2) is 48.5 Å². The van der Waals surface area contributed by atoms with E-state index in [1.54, 1.807) is 36.4 Å². The normalized spacial score (nSPS) is 11.7. The Morgan fingerprint density at radius 3 is 2.52 bits per heavy atom. The van der Waals surface area contributed by atoms with Crippen molar-refractivity contribution in [2.24, 2.45) is 5.73 Å². The molecule has 0 aliphatic rings. The van der Waals surface area contributed by atoms with Gasteiger partial charge in [-0.2, -0.15) is 0 Å². The zero-order chi connectivity index (χ0) is 15.4. The molecule has 0 aliphatic carbocycles. The van der Waals surface area contributed by atoms with Crippen molar-refractivity contribution in [1.82, 2.24) is 0 Å². The van der Waals surface area contributed by atoms with Crippen LogP contribution in [0.3, 0.4) is 0 Å². The maximum absolute atomic E-state index is 13.7. The van der Waals surface area contributed by atoms with Gasteiger partial charge in [-0.1, -0.05) is 48.6 Å². The average Bonchev–Trinajstić information content (AvgIpc) is 2.44. The molecule has 0 saturated carbocycles. The minimum atomic E-state index is -0.791. The third-order valence-corrected chi connectivity index (χ3v) is 3.30. The number of nitrogens with one attached hydrogen (secondary N) is 1. The molecule has 5 heteroatoms. The number of amides is 1. The first-order chi connectivity index (χ1) is 9.99. The molecule has 0 heterocycles. The molecule has 0 saturated heterocycles. The van der Waals surface area contributed by atoms with Gasteiger partial charge in [-0.05, 0) is 30.2 Å². The lowest BCUT2D eigenvalue weighted by Crippen LogP contribution is -2.31. The van der Waals surface area contributed by atoms with E-state index in [0.29, 0.717) is 5.56 Å². The van der Waals surface area contributed by atoms with E-state index >= 15 is 0 Å². The van der Waals surface area contributed by atoms with Gasteiger partial charge >= 0.3 is 0 Å². The molecule has 0 fully saturated rings. The fraction of sp³-hybridized carbons (Fsp3) is 0.125. The highest BCUT2D eigenvalue weighted by molar-refractivity contribution is 7.80. The number of nitrogens with two attached hydrogens (primary N) is 1. The smallest absolute Gasteiger partial charge is 0.238 e. The number of aryl methyl sites for hydroxylation is 1. The second kappa shape index (κ2) is 6.45. The fourth-order valence-corrected chi connectivity index (χ4v) is 2.27. The van der Waals surface area contributed by atoms with Crippen molar-refractivity contribution in [2.45, 2.75) is 12.8 Å². The zero-order valence-corrected chi connectivity index (χ0v) is 12.3. The summed E-state index contributed by atoms with van der Waals surface area (Å²) in [6.45, 7) is 1.82. The van der Waals surface area contributed by atoms with Gasteiger partial charge in [0, 0.05) is 0 Å². The highest BCUT2D eigenvalue weighted by Gasteiger charge is 2.24. The number of rotatable bonds is 4. The lowest BCUT2D eigenvalue weighted by atomic mass is 9.98. The number of benzene rings is 2. The number of carbonyl (C=O) groups excluding carboxylic acids is 1. The molecule has 108 valence electrons. The Balaban J connectivity index is 2.28. The van der Waals surface area contributed by atoms with Crippen LogP contribution in [-0.4, -0.2) is 10.9 Å². The maximum atomic E-state index is 13.7. The van der Waals surface area contributed by atoms with Crippen LogP contribution >= 0.6 is 12.2 Å². The SMILES string of the molecule is Cc1ccc(F)c(NC(=O)C(C(N)=S)c2ccccc2)c1. The number of carbonyl (C=O) groups is 1. The predicted molar refractivity (Wildman–Crippen MR) is 85.7 cm³/mol. The van der Waals surface area contributed by atoms with Crippen molar-refractivity contribution in [3.05, 3.63) is 65.5 Å². The number of hydrogen-bond acceptors (Lipinski definition) is 2. The number of hydrogen-bond donors (Lipinski definition) is 2. The molecule has 1 unspecified atom stereocenters. The van der Waals surface area contributed by atoms with Gasteiger partial charge < -0.3 is 11.1 Å². The van der Waals surface area contributed by atoms with Crippen molar-refractivity contribution in [3.63, 3.8) is 0 Å². The van der Waals surface area contributed by atoms with E-state index in [4.69, 9.17) is 18.0 Å². The predicted octanol–water partition coefficient (Wildman–Crippen LogP) is 3.14. The Kier molecular flexibility index (Phi) is 4.65. The Bertz CT molecular complexity index is 673. The summed E-state index contributed by atoms with van der Waals surface area (Å²) in [7, 11) is 0. The molecular weight excluding hydrogens is 287 g/mol. The largest absolute Gasteiger partial charge is 0.392 e. The van der Waals surface area contributed by atoms with Gasteiger partial charge in [0.1, 0.15) is 11.7 Å². The Hall–Kier alpha value is -2.27. The van der Waals surface area contributed by atoms with Crippen molar-refractivity contribution < 1.29 is 9.18 Å². The first-order valence-electron chi connectivity index (χ1n) is 6.40. The van der Waals surface area contributed by atoms with Crippen molar-refractivity contribution in [2.75, 3.05) is 5.32 Å². The Labute approximate surface area is 128 Å². The molecule has 2 aromatic carbocycles. The zero-order valence-electron chi connectivity index (χ0n) is 11.5. The minimum Gasteiger partial charge on any atom is -0.392 e. The van der Waals surface area contributed by atoms with Gasteiger partial charge in [0.15, 0.2) is 0 Å². The second-order valence-electron chi connectivity index (χ2n) is 4.72. The van der Waals surface area contributed by atoms with E-state index in [0.717, 1.165) is 5.56 Å². The van der Waals surface area contributed by atoms with E-state index in [1.165, 1.54) is 6.07 Å². The van der Waals surface area contributed by atoms with Crippen LogP contribution in [0.25, 0.3) is 0 Å². The van der Waals surface area contributed by atoms with Crippen LogP contribution in [0.1, 0.15) is 17.0 Å². The topological polar surface area (TPSA) is 55.1 Å². The van der Waals surface area contributed by atoms with Crippen LogP contribution < -0.4 is 11.1 Å². The lowest BCUT2D eigenvalue weighted by molar-refractivity contribution is -0.116. The van der Waals surface area contributed by atoms with E-state index in [1.807, 2.05) is 13.0 Å². The highest BCUT2D eigenvalue weighted by Crippen LogP contribution is 2.21. The monoisotopic (exact) mass is 302 g/mol. The van der Waals surface area contributed by atoms with Gasteiger partial charge in [-0.15, -0.1) is 0 Å². The molecule has 0 aromatic heterocycles. The highest BCUT2D eigenvalue weighted by atomic mass is 32.1. The van der Waals surface area contributed by atoms with Gasteiger partial charge in [-0.3, -0.25) is 4.79 Å². The third-order valence-electron chi connectivity index (χ3n) is 3.06. The van der Waals surface area contributed by atoms with Gasteiger partial charge in [0.05, 0.1) is 10.7 Å². The van der Waals surface area contributed by atoms with Crippen molar-refractivity contribution in [3.8, 4) is 0 Å². The van der Waals surface area contributed by atoms with Gasteiger partial charge in [0.25, 0.3) is 0 Å². The lowest BCUT2D eigenvalue weighted by Gasteiger charge is -2.16. The maximum Gasteiger partial charge on any atom is 0.238 e. The van der Waals surface area contributed by atoms with Crippen LogP contribution in [-0.2, 0) is 4.79 Å². The van der Waals surface area contributed by atoms with E-state index in [-0.39, 0.29) is 10.7 Å². The van der Waals surface area contributed by atoms with Crippen molar-refractivity contribution >= 4 is 28.8 Å². The minimum absolute atomic E-state index is 0.0479. The summed E-state index contributed by atoms with van der Waals surface area (Å²) < 4.78 is 13.7. The summed E-state index contributed by atoms with van der Waals surface area (Å²) in [5, 5.41) is 2.55. The summed E-state index contributed by atoms with van der Waals surface area (Å²) >= 11 is 4.97. The Morgan fingerprint density at radius 2 is 1.90 bits per heavy atom. The summed E-state index contributed by atoms with van der Waals surface area (Å²) in [5.41, 5.74) is 7.31. The van der Waals surface area contributed by atoms with Crippen molar-refractivity contribution in [1.29, 1.82) is 0 Å². The van der Waals surface area contributed by atoms with E-state index in [9.17, 15) is 9.18 Å². The first-order valence-corrected chi connectivity index (χ1v) is 6.81. The molecule has 3 nitrogen and oxygen atoms in total. The molecule has 0 bridgehead atoms. The molecule has 0 spiro atoms. The standard InChI is InChI=1S/C16H15FN2OS/c1-10-7-8-12(17)13(9-10)19-16(20)14(15(18)21)11-5-3-2-4-6-11/h2-9,14H,1H3,(H2,18,21)(H,19,20). The first kappa shape index (κ1) is 15.1. The third kappa shape index (κ3) is 3.64. The summed E-state index contributed by atoms with van der Waals surface area (Å²) in [5.74, 6) is -1.73. The molecule has 21 heavy (non-hydrogen) atoms. The van der Waals surface area contributed by atoms with Gasteiger partial charge in [-0.25, -0.2) is 4.39 Å². The molecular formula is C16H15FN2OS. The van der Waals surface area contributed by atoms with E-state index < -0.39 is 17.6 Å². The summed E-state index contributed by atoms with van der Waals surface area (Å²) in [4.78, 5) is 12.4. The summed E-state index contributed by atoms with van der Waals surface area (Å²) in [6, 6.07) is 13.4. The molecule has 0 radical (unpaired) electrons. The fourth-order valence-electron chi connectivity index (χ4n) is 2.03. The van der Waals surface area contributed by atoms with Crippen LogP contribution in [0.4, 0.5) is 10.1 Å². The molecule has 1 amide bonds. The molecule has 3 N–H and O–H groups in total. The van der Waals surface area contributed by atoms with Gasteiger partial charge in [0.2, 0.25) is 5.91 Å². The average molecular weight is 302 g/mol. The molecule has 2 rings (SSSR count). The molecule has 2 aromatic rings. The number of thiocarbonyl (C=S) groups is 1. The van der Waals surface area contributed by atoms with E-state index in [2.05, 4.69) is 5.32 Å². The Morgan fingerprint density at radius 1 is 1.24 bits per heavy atom. The molecule has 0 aliphatic heterocycles. The number of halogens is 1. The quantitative estimate of drug-likeness (QED) is 0.853. The van der Waals surface area contributed by atoms with Crippen LogP contribution in [0.2, 0.25) is 0 Å². The van der Waals surface area contributed by atoms with Crippen LogP contribution in [0.5, 0.6) is 0 Å². The second-order valence-corrected chi connectivity index (χ2v) is 5.19. The summed E-state index contributed by atoms with van der Waals surface area (Å²) in [6.07, 6.45) is 0.